The van der Waals surface area contributed by atoms with Crippen LogP contribution < -0.4 is 5.32 Å². The highest BCUT2D eigenvalue weighted by molar-refractivity contribution is 7.91. The number of pyridine rings is 2. The summed E-state index contributed by atoms with van der Waals surface area (Å²) in [5.41, 5.74) is -0.834. The molecule has 4 heterocycles. The molecule has 0 aliphatic heterocycles. The van der Waals surface area contributed by atoms with Crippen LogP contribution in [0, 0.1) is 30.2 Å². The Bertz CT molecular complexity index is 2840. The minimum absolute atomic E-state index is 0.0240. The summed E-state index contributed by atoms with van der Waals surface area (Å²) < 4.78 is 121. The largest absolute Gasteiger partial charge is 0.444 e. The average Bonchev–Trinajstić information content (AvgIpc) is 3.85. The van der Waals surface area contributed by atoms with Gasteiger partial charge in [0.05, 0.1) is 22.0 Å². The number of amides is 2. The van der Waals surface area contributed by atoms with Crippen molar-refractivity contribution in [2.24, 2.45) is 0 Å². The van der Waals surface area contributed by atoms with E-state index in [4.69, 9.17) is 21.1 Å². The minimum Gasteiger partial charge on any atom is -0.444 e. The Hall–Kier alpha value is -6.39. The van der Waals surface area contributed by atoms with Crippen LogP contribution in [0.3, 0.4) is 0 Å². The zero-order chi connectivity index (χ0) is 45.7. The number of alkyl carbamates (subject to hydrolysis) is 1. The number of halogens is 5. The lowest BCUT2D eigenvalue weighted by Crippen LogP contribution is -2.33. The van der Waals surface area contributed by atoms with E-state index in [0.29, 0.717) is 5.69 Å². The number of aromatic nitrogens is 6. The van der Waals surface area contributed by atoms with Crippen LogP contribution >= 0.6 is 11.6 Å². The second-order valence-corrected chi connectivity index (χ2v) is 18.2. The van der Waals surface area contributed by atoms with Gasteiger partial charge in [0.2, 0.25) is 19.7 Å². The van der Waals surface area contributed by atoms with Crippen molar-refractivity contribution < 1.29 is 53.5 Å². The van der Waals surface area contributed by atoms with E-state index < -0.39 is 82.2 Å². The average molecular weight is 921 g/mol. The lowest BCUT2D eigenvalue weighted by Gasteiger charge is -2.24. The maximum atomic E-state index is 14.6. The molecule has 0 bridgehead atoms. The number of carbonyl (C=O) groups excluding carboxylic acids is 2. The predicted molar refractivity (Wildman–Crippen MR) is 213 cm³/mol. The predicted octanol–water partition coefficient (Wildman–Crippen LogP) is 6.94. The van der Waals surface area contributed by atoms with E-state index in [1.54, 1.807) is 27.7 Å². The van der Waals surface area contributed by atoms with Gasteiger partial charge in [-0.05, 0) is 76.2 Å². The summed E-state index contributed by atoms with van der Waals surface area (Å²) in [6.45, 7) is 6.26. The van der Waals surface area contributed by atoms with Gasteiger partial charge in [-0.25, -0.2) is 58.3 Å². The van der Waals surface area contributed by atoms with Crippen molar-refractivity contribution in [2.45, 2.75) is 66.3 Å². The Morgan fingerprint density at radius 3 is 1.74 bits per heavy atom. The third-order valence-corrected chi connectivity index (χ3v) is 11.8. The van der Waals surface area contributed by atoms with Gasteiger partial charge in [-0.3, -0.25) is 4.98 Å². The van der Waals surface area contributed by atoms with Crippen molar-refractivity contribution in [3.8, 4) is 11.4 Å². The summed E-state index contributed by atoms with van der Waals surface area (Å²) in [6.07, 6.45) is 0.776. The first-order valence-corrected chi connectivity index (χ1v) is 21.3. The molecule has 6 aromatic rings. The van der Waals surface area contributed by atoms with Gasteiger partial charge < -0.3 is 19.7 Å². The molecule has 1 N–H and O–H groups in total. The van der Waals surface area contributed by atoms with Gasteiger partial charge in [0.15, 0.2) is 33.3 Å². The molecule has 2 amide bonds. The molecule has 0 aliphatic rings. The Morgan fingerprint density at radius 1 is 0.774 bits per heavy atom. The van der Waals surface area contributed by atoms with Crippen LogP contribution in [0.25, 0.3) is 11.4 Å². The van der Waals surface area contributed by atoms with E-state index in [9.17, 15) is 44.0 Å². The smallest absolute Gasteiger partial charge is 0.410 e. The number of nitrogens with zero attached hydrogens (tertiary/aromatic N) is 7. The Morgan fingerprint density at radius 2 is 1.27 bits per heavy atom. The van der Waals surface area contributed by atoms with E-state index in [-0.39, 0.29) is 39.5 Å². The molecule has 23 heteroatoms. The molecule has 0 atom stereocenters. The van der Waals surface area contributed by atoms with Crippen LogP contribution in [-0.4, -0.2) is 83.1 Å². The van der Waals surface area contributed by atoms with Crippen molar-refractivity contribution >= 4 is 43.5 Å². The number of sulfone groups is 2. The molecule has 4 aromatic heterocycles. The molecule has 0 saturated heterocycles. The van der Waals surface area contributed by atoms with Gasteiger partial charge in [0.25, 0.3) is 0 Å². The van der Waals surface area contributed by atoms with Crippen molar-refractivity contribution in [1.29, 1.82) is 0 Å². The molecule has 0 spiro atoms. The number of aryl methyl sites for hydroxylation is 1. The van der Waals surface area contributed by atoms with E-state index >= 15 is 0 Å². The fraction of sp³-hybridized carbons (Fsp3) is 0.231. The van der Waals surface area contributed by atoms with Crippen molar-refractivity contribution in [1.82, 2.24) is 39.7 Å². The van der Waals surface area contributed by atoms with E-state index in [2.05, 4.69) is 25.5 Å². The van der Waals surface area contributed by atoms with Gasteiger partial charge in [-0.15, -0.1) is 0 Å². The molecule has 62 heavy (non-hydrogen) atoms. The highest BCUT2D eigenvalue weighted by Crippen LogP contribution is 2.29. The second-order valence-electron chi connectivity index (χ2n) is 14.0. The summed E-state index contributed by atoms with van der Waals surface area (Å²) in [6, 6.07) is 14.3. The lowest BCUT2D eigenvalue weighted by molar-refractivity contribution is 0.0283. The zero-order valence-corrected chi connectivity index (χ0v) is 36.0. The highest BCUT2D eigenvalue weighted by Gasteiger charge is 2.30. The maximum absolute atomic E-state index is 14.6. The van der Waals surface area contributed by atoms with Crippen LogP contribution in [0.1, 0.15) is 37.9 Å². The maximum Gasteiger partial charge on any atom is 0.410 e. The van der Waals surface area contributed by atoms with Gasteiger partial charge in [-0.1, -0.05) is 23.7 Å². The number of nitrogens with one attached hydrogen (secondary N) is 1. The van der Waals surface area contributed by atoms with Crippen LogP contribution in [0.2, 0.25) is 5.15 Å². The standard InChI is InChI=1S/C21H21ClF2N4O4S.C18H16F2N4O4S/c1-21(2,3)32-20(29)27(4)12-13-10-18(33(30,31)14-8-9-17(22)25-11-14)28(26-13)16-7-5-6-15(23)19(16)24;1-11-6-7-13(9-22-11)29(26,27)16-8-12(10-28-18(25)21-2)23-24(16)15-5-3-4-14(19)17(15)20/h5-11H,12H2,1-4H3;3-9H,10H2,1-2H3,(H,21,25). The molecule has 0 unspecified atom stereocenters. The molecule has 328 valence electrons. The van der Waals surface area contributed by atoms with E-state index in [0.717, 1.165) is 40.0 Å². The topological polar surface area (TPSA) is 198 Å². The first-order chi connectivity index (χ1) is 29.0. The van der Waals surface area contributed by atoms with Crippen LogP contribution in [-0.2, 0) is 42.3 Å². The third kappa shape index (κ3) is 10.7. The normalized spacial score (nSPS) is 11.7. The monoisotopic (exact) mass is 920 g/mol. The van der Waals surface area contributed by atoms with Gasteiger partial charge in [-0.2, -0.15) is 10.2 Å². The lowest BCUT2D eigenvalue weighted by atomic mass is 10.2. The molecular formula is C39H37ClF4N8O8S2. The highest BCUT2D eigenvalue weighted by atomic mass is 35.5. The summed E-state index contributed by atoms with van der Waals surface area (Å²) in [5.74, 6) is -4.89. The quantitative estimate of drug-likeness (QED) is 0.110. The van der Waals surface area contributed by atoms with Crippen LogP contribution in [0.4, 0.5) is 27.2 Å². The van der Waals surface area contributed by atoms with E-state index in [1.807, 2.05) is 0 Å². The Labute approximate surface area is 357 Å². The zero-order valence-electron chi connectivity index (χ0n) is 33.6. The fourth-order valence-electron chi connectivity index (χ4n) is 5.24. The number of carbonyl (C=O) groups is 2. The molecule has 6 rings (SSSR count). The van der Waals surface area contributed by atoms with Crippen molar-refractivity contribution in [3.05, 3.63) is 131 Å². The number of hydrogen-bond acceptors (Lipinski definition) is 12. The molecule has 16 nitrogen and oxygen atoms in total. The van der Waals surface area contributed by atoms with Gasteiger partial charge in [0, 0.05) is 44.3 Å². The Balaban J connectivity index is 0.000000236. The van der Waals surface area contributed by atoms with Crippen molar-refractivity contribution in [2.75, 3.05) is 14.1 Å². The Kier molecular flexibility index (Phi) is 14.1. The number of rotatable bonds is 10. The summed E-state index contributed by atoms with van der Waals surface area (Å²) >= 11 is 5.75. The van der Waals surface area contributed by atoms with Crippen molar-refractivity contribution in [3.63, 3.8) is 0 Å². The molecular weight excluding hydrogens is 884 g/mol. The first kappa shape index (κ1) is 46.7. The van der Waals surface area contributed by atoms with Crippen LogP contribution in [0.15, 0.2) is 105 Å². The first-order valence-electron chi connectivity index (χ1n) is 17.9. The summed E-state index contributed by atoms with van der Waals surface area (Å²) in [5, 5.41) is 9.60. The number of benzene rings is 2. The molecule has 0 radical (unpaired) electrons. The SMILES string of the molecule is CN(Cc1cc(S(=O)(=O)c2ccc(Cl)nc2)n(-c2cccc(F)c2F)n1)C(=O)OC(C)(C)C.CNC(=O)OCc1cc(S(=O)(=O)c2ccc(C)nc2)n(-c2cccc(F)c2F)n1. The molecule has 0 aliphatic carbocycles. The van der Waals surface area contributed by atoms with Gasteiger partial charge >= 0.3 is 12.2 Å². The fourth-order valence-corrected chi connectivity index (χ4v) is 8.03. The molecule has 0 fully saturated rings. The summed E-state index contributed by atoms with van der Waals surface area (Å²) in [4.78, 5) is 32.1. The molecule has 2 aromatic carbocycles. The van der Waals surface area contributed by atoms with Crippen LogP contribution in [0.5, 0.6) is 0 Å². The van der Waals surface area contributed by atoms with E-state index in [1.165, 1.54) is 73.6 Å². The third-order valence-electron chi connectivity index (χ3n) is 8.19. The second kappa shape index (κ2) is 18.7. The number of hydrogen-bond donors (Lipinski definition) is 1. The minimum atomic E-state index is -4.27. The molecule has 0 saturated carbocycles. The number of ether oxygens (including phenoxy) is 2. The summed E-state index contributed by atoms with van der Waals surface area (Å²) in [7, 11) is -5.68. The van der Waals surface area contributed by atoms with Gasteiger partial charge in [0.1, 0.15) is 34.4 Å².